The van der Waals surface area contributed by atoms with E-state index < -0.39 is 9.84 Å². The van der Waals surface area contributed by atoms with Crippen LogP contribution >= 0.6 is 24.0 Å². The number of guanidine groups is 1. The monoisotopic (exact) mass is 471 g/mol. The van der Waals surface area contributed by atoms with Crippen molar-refractivity contribution in [3.63, 3.8) is 0 Å². The predicted octanol–water partition coefficient (Wildman–Crippen LogP) is 1.41. The predicted molar refractivity (Wildman–Crippen MR) is 107 cm³/mol. The summed E-state index contributed by atoms with van der Waals surface area (Å²) in [5.74, 6) is 2.13. The molecule has 1 aliphatic carbocycles. The van der Waals surface area contributed by atoms with Crippen LogP contribution in [0.2, 0.25) is 0 Å². The fraction of sp³-hybridized carbons (Fsp3) is 0.938. The first kappa shape index (κ1) is 20.2. The molecule has 140 valence electrons. The van der Waals surface area contributed by atoms with E-state index in [1.165, 1.54) is 6.42 Å². The molecule has 8 heteroatoms. The lowest BCUT2D eigenvalue weighted by molar-refractivity contribution is -0.188. The van der Waals surface area contributed by atoms with Gasteiger partial charge in [0.15, 0.2) is 15.8 Å². The highest BCUT2D eigenvalue weighted by molar-refractivity contribution is 14.0. The third-order valence-corrected chi connectivity index (χ3v) is 7.57. The zero-order chi connectivity index (χ0) is 16.7. The van der Waals surface area contributed by atoms with Crippen molar-refractivity contribution in [3.05, 3.63) is 0 Å². The third-order valence-electron chi connectivity index (χ3n) is 5.73. The van der Waals surface area contributed by atoms with E-state index in [-0.39, 0.29) is 35.3 Å². The highest BCUT2D eigenvalue weighted by Gasteiger charge is 2.58. The summed E-state index contributed by atoms with van der Waals surface area (Å²) in [5.41, 5.74) is 0.0966. The molecule has 0 aromatic rings. The number of nitrogens with zero attached hydrogens (tertiary/aromatic N) is 1. The van der Waals surface area contributed by atoms with Crippen LogP contribution in [-0.4, -0.2) is 58.2 Å². The molecule has 6 nitrogen and oxygen atoms in total. The zero-order valence-corrected chi connectivity index (χ0v) is 17.9. The van der Waals surface area contributed by atoms with Crippen molar-refractivity contribution in [3.8, 4) is 0 Å². The molecule has 2 N–H and O–H groups in total. The Morgan fingerprint density at radius 3 is 2.71 bits per heavy atom. The van der Waals surface area contributed by atoms with E-state index in [9.17, 15) is 8.42 Å². The zero-order valence-electron chi connectivity index (χ0n) is 14.7. The Balaban J connectivity index is 0.00000208. The Bertz CT molecular complexity index is 579. The average molecular weight is 471 g/mol. The second kappa shape index (κ2) is 7.65. The van der Waals surface area contributed by atoms with E-state index in [1.807, 2.05) is 0 Å². The number of fused-ring (bicyclic) bond motifs is 1. The van der Waals surface area contributed by atoms with Crippen LogP contribution in [0, 0.1) is 17.3 Å². The van der Waals surface area contributed by atoms with E-state index >= 15 is 0 Å². The lowest BCUT2D eigenvalue weighted by Gasteiger charge is -2.60. The van der Waals surface area contributed by atoms with Gasteiger partial charge in [0.25, 0.3) is 0 Å². The maximum atomic E-state index is 11.5. The first-order valence-electron chi connectivity index (χ1n) is 8.63. The normalized spacial score (nSPS) is 36.9. The van der Waals surface area contributed by atoms with Gasteiger partial charge >= 0.3 is 0 Å². The molecule has 0 amide bonds. The van der Waals surface area contributed by atoms with Gasteiger partial charge in [-0.15, -0.1) is 24.0 Å². The van der Waals surface area contributed by atoms with Crippen molar-refractivity contribution in [2.45, 2.75) is 45.3 Å². The summed E-state index contributed by atoms with van der Waals surface area (Å²) in [4.78, 5) is 4.31. The molecule has 3 fully saturated rings. The van der Waals surface area contributed by atoms with Gasteiger partial charge < -0.3 is 15.4 Å². The molecular weight excluding hydrogens is 441 g/mol. The van der Waals surface area contributed by atoms with E-state index in [0.717, 1.165) is 25.4 Å². The summed E-state index contributed by atoms with van der Waals surface area (Å²) < 4.78 is 29.0. The molecule has 0 spiro atoms. The number of rotatable bonds is 3. The Kier molecular flexibility index (Phi) is 6.45. The maximum absolute atomic E-state index is 11.5. The first-order chi connectivity index (χ1) is 10.8. The van der Waals surface area contributed by atoms with Crippen molar-refractivity contribution in [2.75, 3.05) is 31.7 Å². The molecule has 4 unspecified atom stereocenters. The van der Waals surface area contributed by atoms with Crippen LogP contribution < -0.4 is 10.6 Å². The van der Waals surface area contributed by atoms with Crippen molar-refractivity contribution in [1.82, 2.24) is 10.6 Å². The molecule has 2 aliphatic heterocycles. The SMILES string of the molecule is CN=C(NCC1CCS(=O)(=O)C1)NC1C2CCCOC2C1(C)C.I. The van der Waals surface area contributed by atoms with E-state index in [2.05, 4.69) is 29.5 Å². The minimum Gasteiger partial charge on any atom is -0.377 e. The molecule has 2 saturated heterocycles. The Morgan fingerprint density at radius 2 is 2.08 bits per heavy atom. The van der Waals surface area contributed by atoms with Gasteiger partial charge in [-0.2, -0.15) is 0 Å². The smallest absolute Gasteiger partial charge is 0.191 e. The molecular formula is C16H30IN3O3S. The van der Waals surface area contributed by atoms with E-state index in [0.29, 0.717) is 36.1 Å². The molecule has 3 rings (SSSR count). The minimum absolute atomic E-state index is 0. The molecule has 0 aromatic carbocycles. The van der Waals surface area contributed by atoms with Crippen LogP contribution in [0.1, 0.15) is 33.1 Å². The molecule has 0 bridgehead atoms. The number of hydrogen-bond donors (Lipinski definition) is 2. The van der Waals surface area contributed by atoms with Gasteiger partial charge in [0.05, 0.1) is 17.6 Å². The summed E-state index contributed by atoms with van der Waals surface area (Å²) in [5, 5.41) is 6.86. The van der Waals surface area contributed by atoms with Crippen LogP contribution in [0.5, 0.6) is 0 Å². The quantitative estimate of drug-likeness (QED) is 0.370. The van der Waals surface area contributed by atoms with Gasteiger partial charge in [-0.25, -0.2) is 8.42 Å². The van der Waals surface area contributed by atoms with Crippen LogP contribution in [0.3, 0.4) is 0 Å². The van der Waals surface area contributed by atoms with Gasteiger partial charge in [-0.05, 0) is 25.2 Å². The van der Waals surface area contributed by atoms with Crippen LogP contribution in [0.15, 0.2) is 4.99 Å². The van der Waals surface area contributed by atoms with Crippen molar-refractivity contribution >= 4 is 39.8 Å². The Morgan fingerprint density at radius 1 is 1.33 bits per heavy atom. The molecule has 24 heavy (non-hydrogen) atoms. The average Bonchev–Trinajstić information content (AvgIpc) is 2.86. The van der Waals surface area contributed by atoms with E-state index in [1.54, 1.807) is 7.05 Å². The summed E-state index contributed by atoms with van der Waals surface area (Å²) >= 11 is 0. The fourth-order valence-electron chi connectivity index (χ4n) is 4.43. The van der Waals surface area contributed by atoms with Crippen molar-refractivity contribution < 1.29 is 13.2 Å². The summed E-state index contributed by atoms with van der Waals surface area (Å²) in [6.07, 6.45) is 3.41. The Hall–Kier alpha value is -0.0900. The summed E-state index contributed by atoms with van der Waals surface area (Å²) in [7, 11) is -1.05. The van der Waals surface area contributed by atoms with Crippen molar-refractivity contribution in [2.24, 2.45) is 22.2 Å². The van der Waals surface area contributed by atoms with Gasteiger partial charge in [0.2, 0.25) is 0 Å². The number of aliphatic imine (C=N–C) groups is 1. The highest BCUT2D eigenvalue weighted by atomic mass is 127. The number of halogens is 1. The maximum Gasteiger partial charge on any atom is 0.191 e. The molecule has 0 radical (unpaired) electrons. The first-order valence-corrected chi connectivity index (χ1v) is 10.4. The molecule has 3 aliphatic rings. The second-order valence-corrected chi connectivity index (χ2v) is 9.99. The third kappa shape index (κ3) is 4.00. The van der Waals surface area contributed by atoms with E-state index in [4.69, 9.17) is 4.74 Å². The van der Waals surface area contributed by atoms with Crippen LogP contribution in [0.25, 0.3) is 0 Å². The van der Waals surface area contributed by atoms with Crippen molar-refractivity contribution in [1.29, 1.82) is 0 Å². The number of hydrogen-bond acceptors (Lipinski definition) is 4. The largest absolute Gasteiger partial charge is 0.377 e. The number of ether oxygens (including phenoxy) is 1. The van der Waals surface area contributed by atoms with Gasteiger partial charge in [0.1, 0.15) is 0 Å². The highest BCUT2D eigenvalue weighted by Crippen LogP contribution is 2.51. The molecule has 2 heterocycles. The van der Waals surface area contributed by atoms with Crippen LogP contribution in [0.4, 0.5) is 0 Å². The molecule has 0 aromatic heterocycles. The number of sulfone groups is 1. The summed E-state index contributed by atoms with van der Waals surface area (Å²) in [6, 6.07) is 0.353. The lowest BCUT2D eigenvalue weighted by Crippen LogP contribution is -2.71. The standard InChI is InChI=1S/C16H29N3O3S.HI/c1-16(2)13(12-5-4-7-22-14(12)16)19-15(17-3)18-9-11-6-8-23(20,21)10-11;/h11-14H,4-10H2,1-3H3,(H2,17,18,19);1H. The Labute approximate surface area is 162 Å². The number of nitrogens with one attached hydrogen (secondary N) is 2. The van der Waals surface area contributed by atoms with Gasteiger partial charge in [0, 0.05) is 37.6 Å². The van der Waals surface area contributed by atoms with Crippen LogP contribution in [-0.2, 0) is 14.6 Å². The fourth-order valence-corrected chi connectivity index (χ4v) is 6.29. The second-order valence-electron chi connectivity index (χ2n) is 7.76. The van der Waals surface area contributed by atoms with Gasteiger partial charge in [-0.3, -0.25) is 4.99 Å². The topological polar surface area (TPSA) is 79.8 Å². The minimum atomic E-state index is -2.82. The lowest BCUT2D eigenvalue weighted by atomic mass is 9.55. The van der Waals surface area contributed by atoms with Gasteiger partial charge in [-0.1, -0.05) is 13.8 Å². The summed E-state index contributed by atoms with van der Waals surface area (Å²) in [6.45, 7) is 6.03. The molecule has 1 saturated carbocycles. The molecule has 4 atom stereocenters.